The Morgan fingerprint density at radius 3 is 2.71 bits per heavy atom. The first kappa shape index (κ1) is 16.1. The van der Waals surface area contributed by atoms with Gasteiger partial charge in [0.15, 0.2) is 10.9 Å². The molecule has 1 saturated heterocycles. The minimum Gasteiger partial charge on any atom is -0.294 e. The molecular weight excluding hydrogens is 329 g/mol. The number of anilines is 1. The lowest BCUT2D eigenvalue weighted by Crippen LogP contribution is -2.26. The van der Waals surface area contributed by atoms with E-state index in [4.69, 9.17) is 11.6 Å². The van der Waals surface area contributed by atoms with Crippen LogP contribution in [0.1, 0.15) is 18.9 Å². The molecule has 2 heterocycles. The molecule has 0 N–H and O–H groups in total. The number of hydrogen-bond donors (Lipinski definition) is 0. The molecule has 0 spiro atoms. The van der Waals surface area contributed by atoms with E-state index in [9.17, 15) is 22.8 Å². The third-order valence-corrected chi connectivity index (χ3v) is 4.09. The Morgan fingerprint density at radius 2 is 2.19 bits per heavy atom. The lowest BCUT2D eigenvalue weighted by atomic mass is 10.2. The zero-order valence-corrected chi connectivity index (χ0v) is 12.3. The molecule has 0 radical (unpaired) electrons. The smallest absolute Gasteiger partial charge is 0.294 e. The SMILES string of the molecule is CC(=O)SC1CC(=O)N(c2ncc(C(F)(F)F)cc2Cl)C1. The standard InChI is InChI=1S/C12H10ClF3N2O2S/c1-6(19)21-8-3-10(20)18(5-8)11-9(13)2-7(4-17-11)12(14,15)16/h2,4,8H,3,5H2,1H3. The summed E-state index contributed by atoms with van der Waals surface area (Å²) in [5.74, 6) is -0.329. The van der Waals surface area contributed by atoms with Gasteiger partial charge in [0, 0.05) is 31.3 Å². The molecule has 1 aromatic heterocycles. The summed E-state index contributed by atoms with van der Waals surface area (Å²) in [5, 5.41) is -0.608. The van der Waals surface area contributed by atoms with Gasteiger partial charge in [-0.05, 0) is 6.07 Å². The maximum Gasteiger partial charge on any atom is 0.417 e. The van der Waals surface area contributed by atoms with Crippen LogP contribution in [0.3, 0.4) is 0 Å². The second kappa shape index (κ2) is 5.84. The van der Waals surface area contributed by atoms with Crippen LogP contribution >= 0.6 is 23.4 Å². The van der Waals surface area contributed by atoms with Crippen LogP contribution in [0.25, 0.3) is 0 Å². The van der Waals surface area contributed by atoms with Crippen molar-refractivity contribution in [2.24, 2.45) is 0 Å². The number of rotatable bonds is 2. The summed E-state index contributed by atoms with van der Waals surface area (Å²) in [6, 6.07) is 0.739. The Kier molecular flexibility index (Phi) is 4.48. The molecule has 1 fully saturated rings. The average molecular weight is 339 g/mol. The molecule has 9 heteroatoms. The van der Waals surface area contributed by atoms with Gasteiger partial charge in [-0.2, -0.15) is 13.2 Å². The number of carbonyl (C=O) groups excluding carboxylic acids is 2. The van der Waals surface area contributed by atoms with Gasteiger partial charge in [0.05, 0.1) is 10.6 Å². The third-order valence-electron chi connectivity index (χ3n) is 2.83. The molecular formula is C12H10ClF3N2O2S. The van der Waals surface area contributed by atoms with Gasteiger partial charge in [0.2, 0.25) is 5.91 Å². The van der Waals surface area contributed by atoms with Crippen LogP contribution in [0, 0.1) is 0 Å². The Bertz CT molecular complexity index is 594. The lowest BCUT2D eigenvalue weighted by Gasteiger charge is -2.17. The number of thioether (sulfide) groups is 1. The van der Waals surface area contributed by atoms with Gasteiger partial charge >= 0.3 is 6.18 Å². The molecule has 1 aliphatic heterocycles. The predicted molar refractivity (Wildman–Crippen MR) is 73.3 cm³/mol. The number of amides is 1. The van der Waals surface area contributed by atoms with Crippen molar-refractivity contribution in [3.8, 4) is 0 Å². The molecule has 0 aliphatic carbocycles. The van der Waals surface area contributed by atoms with Crippen molar-refractivity contribution in [2.45, 2.75) is 24.8 Å². The molecule has 2 rings (SSSR count). The van der Waals surface area contributed by atoms with Gasteiger partial charge in [0.25, 0.3) is 0 Å². The number of nitrogens with zero attached hydrogens (tertiary/aromatic N) is 2. The quantitative estimate of drug-likeness (QED) is 0.831. The molecule has 1 amide bonds. The predicted octanol–water partition coefficient (Wildman–Crippen LogP) is 3.14. The van der Waals surface area contributed by atoms with E-state index in [-0.39, 0.29) is 40.1 Å². The molecule has 4 nitrogen and oxygen atoms in total. The highest BCUT2D eigenvalue weighted by molar-refractivity contribution is 8.14. The van der Waals surface area contributed by atoms with Crippen molar-refractivity contribution in [1.29, 1.82) is 0 Å². The highest BCUT2D eigenvalue weighted by Crippen LogP contribution is 2.35. The minimum absolute atomic E-state index is 0.0127. The van der Waals surface area contributed by atoms with Crippen molar-refractivity contribution in [3.05, 3.63) is 22.8 Å². The van der Waals surface area contributed by atoms with Crippen molar-refractivity contribution in [3.63, 3.8) is 0 Å². The number of aromatic nitrogens is 1. The Morgan fingerprint density at radius 1 is 1.52 bits per heavy atom. The third kappa shape index (κ3) is 3.68. The van der Waals surface area contributed by atoms with E-state index < -0.39 is 11.7 Å². The van der Waals surface area contributed by atoms with E-state index in [0.29, 0.717) is 6.20 Å². The topological polar surface area (TPSA) is 50.3 Å². The Labute approximate surface area is 127 Å². The summed E-state index contributed by atoms with van der Waals surface area (Å²) < 4.78 is 37.6. The first-order valence-corrected chi connectivity index (χ1v) is 7.14. The summed E-state index contributed by atoms with van der Waals surface area (Å²) in [4.78, 5) is 27.8. The molecule has 1 aliphatic rings. The van der Waals surface area contributed by atoms with Crippen LogP contribution in [0.5, 0.6) is 0 Å². The fourth-order valence-electron chi connectivity index (χ4n) is 1.98. The van der Waals surface area contributed by atoms with Crippen LogP contribution in [-0.2, 0) is 15.8 Å². The fourth-order valence-corrected chi connectivity index (χ4v) is 3.16. The van der Waals surface area contributed by atoms with E-state index in [2.05, 4.69) is 4.98 Å². The van der Waals surface area contributed by atoms with Crippen LogP contribution in [-0.4, -0.2) is 27.8 Å². The summed E-state index contributed by atoms with van der Waals surface area (Å²) >= 11 is 6.83. The molecule has 1 atom stereocenters. The minimum atomic E-state index is -4.54. The molecule has 0 bridgehead atoms. The Balaban J connectivity index is 2.23. The van der Waals surface area contributed by atoms with Gasteiger partial charge < -0.3 is 0 Å². The zero-order valence-electron chi connectivity index (χ0n) is 10.8. The molecule has 0 saturated carbocycles. The highest BCUT2D eigenvalue weighted by Gasteiger charge is 2.36. The highest BCUT2D eigenvalue weighted by atomic mass is 35.5. The summed E-state index contributed by atoms with van der Waals surface area (Å²) in [5.41, 5.74) is -0.974. The molecule has 0 aromatic carbocycles. The van der Waals surface area contributed by atoms with Gasteiger partial charge in [-0.25, -0.2) is 4.98 Å². The summed E-state index contributed by atoms with van der Waals surface area (Å²) in [6.07, 6.45) is -3.78. The number of pyridine rings is 1. The maximum absolute atomic E-state index is 12.5. The fraction of sp³-hybridized carbons (Fsp3) is 0.417. The van der Waals surface area contributed by atoms with E-state index in [0.717, 1.165) is 17.8 Å². The van der Waals surface area contributed by atoms with E-state index in [1.807, 2.05) is 0 Å². The van der Waals surface area contributed by atoms with E-state index in [1.165, 1.54) is 11.8 Å². The molecule has 1 unspecified atom stereocenters. The first-order valence-electron chi connectivity index (χ1n) is 5.89. The molecule has 1 aromatic rings. The van der Waals surface area contributed by atoms with Crippen molar-refractivity contribution in [2.75, 3.05) is 11.4 Å². The average Bonchev–Trinajstić information content (AvgIpc) is 2.67. The number of hydrogen-bond acceptors (Lipinski definition) is 4. The van der Waals surface area contributed by atoms with Gasteiger partial charge in [0.1, 0.15) is 0 Å². The molecule has 21 heavy (non-hydrogen) atoms. The van der Waals surface area contributed by atoms with Crippen molar-refractivity contribution >= 4 is 40.2 Å². The van der Waals surface area contributed by atoms with Gasteiger partial charge in [-0.15, -0.1) is 0 Å². The zero-order chi connectivity index (χ0) is 15.8. The second-order valence-corrected chi connectivity index (χ2v) is 6.35. The van der Waals surface area contributed by atoms with E-state index in [1.54, 1.807) is 0 Å². The number of carbonyl (C=O) groups is 2. The summed E-state index contributed by atoms with van der Waals surface area (Å²) in [7, 11) is 0. The van der Waals surface area contributed by atoms with E-state index >= 15 is 0 Å². The van der Waals surface area contributed by atoms with Crippen LogP contribution in [0.15, 0.2) is 12.3 Å². The van der Waals surface area contributed by atoms with Crippen LogP contribution in [0.4, 0.5) is 19.0 Å². The maximum atomic E-state index is 12.5. The van der Waals surface area contributed by atoms with Crippen LogP contribution in [0.2, 0.25) is 5.02 Å². The van der Waals surface area contributed by atoms with Crippen LogP contribution < -0.4 is 4.90 Å². The van der Waals surface area contributed by atoms with Gasteiger partial charge in [-0.3, -0.25) is 14.5 Å². The Hall–Kier alpha value is -1.28. The number of halogens is 4. The lowest BCUT2D eigenvalue weighted by molar-refractivity contribution is -0.137. The monoisotopic (exact) mass is 338 g/mol. The van der Waals surface area contributed by atoms with Gasteiger partial charge in [-0.1, -0.05) is 23.4 Å². The normalized spacial score (nSPS) is 19.2. The summed E-state index contributed by atoms with van der Waals surface area (Å²) in [6.45, 7) is 1.59. The number of alkyl halides is 3. The second-order valence-electron chi connectivity index (χ2n) is 4.47. The largest absolute Gasteiger partial charge is 0.417 e. The molecule has 114 valence electrons. The first-order chi connectivity index (χ1) is 9.68. The van der Waals surface area contributed by atoms with Crippen molar-refractivity contribution in [1.82, 2.24) is 4.98 Å². The van der Waals surface area contributed by atoms with Crippen molar-refractivity contribution < 1.29 is 22.8 Å².